The third kappa shape index (κ3) is 4.14. The van der Waals surface area contributed by atoms with Crippen LogP contribution in [0.2, 0.25) is 0 Å². The van der Waals surface area contributed by atoms with E-state index in [1.165, 1.54) is 4.31 Å². The van der Waals surface area contributed by atoms with Gasteiger partial charge < -0.3 is 10.1 Å². The van der Waals surface area contributed by atoms with Gasteiger partial charge in [0.25, 0.3) is 0 Å². The van der Waals surface area contributed by atoms with E-state index in [1.54, 1.807) is 41.3 Å². The molecule has 2 aromatic heterocycles. The molecule has 0 unspecified atom stereocenters. The molecule has 1 N–H and O–H groups in total. The molecule has 0 saturated carbocycles. The summed E-state index contributed by atoms with van der Waals surface area (Å²) in [4.78, 5) is 9.17. The number of anilines is 2. The second-order valence-electron chi connectivity index (χ2n) is 6.79. The standard InChI is InChI=1S/C19H22N6O3S/c1-14-11-20-19(22-16-12-21-24(2)13-16)23-18(14)15-3-5-17(6-4-15)29(26,27)25-7-9-28-10-8-25/h3-6,11-13H,7-10H2,1-2H3,(H,20,22,23). The summed E-state index contributed by atoms with van der Waals surface area (Å²) < 4.78 is 34.0. The molecule has 0 spiro atoms. The second kappa shape index (κ2) is 7.90. The Hall–Kier alpha value is -2.82. The zero-order chi connectivity index (χ0) is 20.4. The van der Waals surface area contributed by atoms with Crippen molar-refractivity contribution in [2.45, 2.75) is 11.8 Å². The summed E-state index contributed by atoms with van der Waals surface area (Å²) in [5, 5.41) is 7.23. The van der Waals surface area contributed by atoms with Crippen LogP contribution in [0.5, 0.6) is 0 Å². The number of ether oxygens (including phenoxy) is 1. The lowest BCUT2D eigenvalue weighted by Crippen LogP contribution is -2.40. The van der Waals surface area contributed by atoms with Gasteiger partial charge in [0.2, 0.25) is 16.0 Å². The Balaban J connectivity index is 1.59. The Kier molecular flexibility index (Phi) is 5.31. The van der Waals surface area contributed by atoms with Gasteiger partial charge in [-0.05, 0) is 24.6 Å². The number of nitrogens with one attached hydrogen (secondary N) is 1. The Morgan fingerprint density at radius 3 is 2.48 bits per heavy atom. The molecule has 0 atom stereocenters. The number of rotatable bonds is 5. The van der Waals surface area contributed by atoms with E-state index in [4.69, 9.17) is 4.74 Å². The van der Waals surface area contributed by atoms with Gasteiger partial charge in [0.1, 0.15) is 0 Å². The smallest absolute Gasteiger partial charge is 0.243 e. The van der Waals surface area contributed by atoms with Crippen LogP contribution < -0.4 is 5.32 Å². The fourth-order valence-corrected chi connectivity index (χ4v) is 4.54. The maximum absolute atomic E-state index is 12.8. The molecule has 3 aromatic rings. The van der Waals surface area contributed by atoms with Crippen LogP contribution in [0.1, 0.15) is 5.56 Å². The number of hydrogen-bond acceptors (Lipinski definition) is 7. The van der Waals surface area contributed by atoms with Gasteiger partial charge in [0, 0.05) is 38.1 Å². The first kappa shape index (κ1) is 19.5. The predicted molar refractivity (Wildman–Crippen MR) is 108 cm³/mol. The molecule has 152 valence electrons. The normalized spacial score (nSPS) is 15.4. The minimum Gasteiger partial charge on any atom is -0.379 e. The third-order valence-electron chi connectivity index (χ3n) is 4.67. The van der Waals surface area contributed by atoms with Crippen LogP contribution in [-0.4, -0.2) is 58.8 Å². The van der Waals surface area contributed by atoms with E-state index in [9.17, 15) is 8.42 Å². The molecule has 10 heteroatoms. The van der Waals surface area contributed by atoms with Gasteiger partial charge in [-0.1, -0.05) is 12.1 Å². The maximum atomic E-state index is 12.8. The number of aryl methyl sites for hydroxylation is 2. The Morgan fingerprint density at radius 1 is 1.10 bits per heavy atom. The molecule has 0 amide bonds. The van der Waals surface area contributed by atoms with Crippen molar-refractivity contribution in [3.63, 3.8) is 0 Å². The molecule has 1 aliphatic heterocycles. The van der Waals surface area contributed by atoms with E-state index < -0.39 is 10.0 Å². The van der Waals surface area contributed by atoms with E-state index in [0.29, 0.717) is 32.3 Å². The molecule has 3 heterocycles. The van der Waals surface area contributed by atoms with Crippen LogP contribution in [0.15, 0.2) is 47.8 Å². The van der Waals surface area contributed by atoms with E-state index in [1.807, 2.05) is 20.2 Å². The van der Waals surface area contributed by atoms with Gasteiger partial charge in [-0.2, -0.15) is 9.40 Å². The summed E-state index contributed by atoms with van der Waals surface area (Å²) in [7, 11) is -1.69. The highest BCUT2D eigenvalue weighted by Gasteiger charge is 2.26. The fourth-order valence-electron chi connectivity index (χ4n) is 3.13. The number of aromatic nitrogens is 4. The van der Waals surface area contributed by atoms with Crippen molar-refractivity contribution in [1.29, 1.82) is 0 Å². The van der Waals surface area contributed by atoms with Gasteiger partial charge in [-0.15, -0.1) is 0 Å². The van der Waals surface area contributed by atoms with Crippen molar-refractivity contribution < 1.29 is 13.2 Å². The average Bonchev–Trinajstić information content (AvgIpc) is 3.15. The number of benzene rings is 1. The third-order valence-corrected chi connectivity index (χ3v) is 6.58. The Morgan fingerprint density at radius 2 is 1.83 bits per heavy atom. The lowest BCUT2D eigenvalue weighted by atomic mass is 10.1. The van der Waals surface area contributed by atoms with Crippen LogP contribution >= 0.6 is 0 Å². The van der Waals surface area contributed by atoms with Gasteiger partial charge >= 0.3 is 0 Å². The molecule has 0 bridgehead atoms. The largest absolute Gasteiger partial charge is 0.379 e. The first-order valence-corrected chi connectivity index (χ1v) is 10.6. The minimum absolute atomic E-state index is 0.267. The van der Waals surface area contributed by atoms with Crippen molar-refractivity contribution in [1.82, 2.24) is 24.1 Å². The van der Waals surface area contributed by atoms with Crippen LogP contribution in [-0.2, 0) is 21.8 Å². The molecule has 9 nitrogen and oxygen atoms in total. The van der Waals surface area contributed by atoms with E-state index >= 15 is 0 Å². The molecule has 1 fully saturated rings. The van der Waals surface area contributed by atoms with E-state index in [0.717, 1.165) is 22.5 Å². The predicted octanol–water partition coefficient (Wildman–Crippen LogP) is 1.95. The Bertz CT molecular complexity index is 1110. The van der Waals surface area contributed by atoms with Crippen LogP contribution in [0.3, 0.4) is 0 Å². The molecule has 0 radical (unpaired) electrons. The Labute approximate surface area is 169 Å². The fraction of sp³-hybridized carbons (Fsp3) is 0.316. The quantitative estimate of drug-likeness (QED) is 0.681. The molecule has 1 aromatic carbocycles. The van der Waals surface area contributed by atoms with Crippen molar-refractivity contribution in [3.05, 3.63) is 48.4 Å². The SMILES string of the molecule is Cc1cnc(Nc2cnn(C)c2)nc1-c1ccc(S(=O)(=O)N2CCOCC2)cc1. The van der Waals surface area contributed by atoms with Crippen LogP contribution in [0.25, 0.3) is 11.3 Å². The zero-order valence-electron chi connectivity index (χ0n) is 16.2. The minimum atomic E-state index is -3.52. The summed E-state index contributed by atoms with van der Waals surface area (Å²) in [6.45, 7) is 3.51. The first-order chi connectivity index (χ1) is 13.9. The summed E-state index contributed by atoms with van der Waals surface area (Å²) in [5.41, 5.74) is 3.24. The molecular weight excluding hydrogens is 392 g/mol. The van der Waals surface area contributed by atoms with Crippen molar-refractivity contribution in [2.75, 3.05) is 31.6 Å². The summed E-state index contributed by atoms with van der Waals surface area (Å²) in [6.07, 6.45) is 5.25. The van der Waals surface area contributed by atoms with Crippen molar-refractivity contribution in [2.24, 2.45) is 7.05 Å². The number of morpholine rings is 1. The summed E-state index contributed by atoms with van der Waals surface area (Å²) >= 11 is 0. The number of nitrogens with zero attached hydrogens (tertiary/aromatic N) is 5. The summed E-state index contributed by atoms with van der Waals surface area (Å²) in [5.74, 6) is 0.448. The van der Waals surface area contributed by atoms with Crippen molar-refractivity contribution in [3.8, 4) is 11.3 Å². The van der Waals surface area contributed by atoms with Crippen LogP contribution in [0.4, 0.5) is 11.6 Å². The van der Waals surface area contributed by atoms with E-state index in [2.05, 4.69) is 20.4 Å². The summed E-state index contributed by atoms with van der Waals surface area (Å²) in [6, 6.07) is 6.79. The highest BCUT2D eigenvalue weighted by molar-refractivity contribution is 7.89. The molecule has 1 saturated heterocycles. The first-order valence-electron chi connectivity index (χ1n) is 9.21. The second-order valence-corrected chi connectivity index (χ2v) is 8.73. The molecular formula is C19H22N6O3S. The topological polar surface area (TPSA) is 102 Å². The molecule has 4 rings (SSSR count). The number of sulfonamides is 1. The van der Waals surface area contributed by atoms with Gasteiger partial charge in [-0.25, -0.2) is 18.4 Å². The molecule has 0 aliphatic carbocycles. The average molecular weight is 414 g/mol. The van der Waals surface area contributed by atoms with E-state index in [-0.39, 0.29) is 4.90 Å². The lowest BCUT2D eigenvalue weighted by molar-refractivity contribution is 0.0730. The zero-order valence-corrected chi connectivity index (χ0v) is 17.1. The maximum Gasteiger partial charge on any atom is 0.243 e. The highest BCUT2D eigenvalue weighted by atomic mass is 32.2. The van der Waals surface area contributed by atoms with Gasteiger partial charge in [-0.3, -0.25) is 4.68 Å². The van der Waals surface area contributed by atoms with Gasteiger partial charge in [0.05, 0.1) is 35.7 Å². The number of hydrogen-bond donors (Lipinski definition) is 1. The highest BCUT2D eigenvalue weighted by Crippen LogP contribution is 2.25. The monoisotopic (exact) mass is 414 g/mol. The lowest BCUT2D eigenvalue weighted by Gasteiger charge is -2.26. The molecule has 1 aliphatic rings. The molecule has 29 heavy (non-hydrogen) atoms. The van der Waals surface area contributed by atoms with Crippen LogP contribution in [0, 0.1) is 6.92 Å². The van der Waals surface area contributed by atoms with Gasteiger partial charge in [0.15, 0.2) is 0 Å². The van der Waals surface area contributed by atoms with Crippen molar-refractivity contribution >= 4 is 21.7 Å².